The van der Waals surface area contributed by atoms with E-state index in [2.05, 4.69) is 14.8 Å². The second kappa shape index (κ2) is 8.63. The Morgan fingerprint density at radius 2 is 2.10 bits per heavy atom. The molecule has 29 heavy (non-hydrogen) atoms. The van der Waals surface area contributed by atoms with Gasteiger partial charge in [0.1, 0.15) is 11.6 Å². The van der Waals surface area contributed by atoms with Crippen LogP contribution in [0.2, 0.25) is 0 Å². The van der Waals surface area contributed by atoms with Crippen molar-refractivity contribution >= 4 is 22.6 Å². The molecule has 0 saturated heterocycles. The van der Waals surface area contributed by atoms with Crippen molar-refractivity contribution in [1.82, 2.24) is 14.5 Å². The molecule has 0 spiro atoms. The third kappa shape index (κ3) is 4.58. The molecule has 4 rings (SSSR count). The monoisotopic (exact) mass is 394 g/mol. The molecule has 0 bridgehead atoms. The average Bonchev–Trinajstić information content (AvgIpc) is 3.07. The predicted octanol–water partition coefficient (Wildman–Crippen LogP) is 2.82. The van der Waals surface area contributed by atoms with Crippen LogP contribution in [0.4, 0.5) is 5.69 Å². The van der Waals surface area contributed by atoms with Gasteiger partial charge in [-0.2, -0.15) is 0 Å². The van der Waals surface area contributed by atoms with Gasteiger partial charge in [-0.15, -0.1) is 0 Å². The van der Waals surface area contributed by atoms with Gasteiger partial charge in [0.25, 0.3) is 5.91 Å². The van der Waals surface area contributed by atoms with Gasteiger partial charge in [-0.05, 0) is 42.8 Å². The molecule has 2 aromatic carbocycles. The van der Waals surface area contributed by atoms with Gasteiger partial charge in [0.2, 0.25) is 0 Å². The van der Waals surface area contributed by atoms with Gasteiger partial charge in [0.05, 0.1) is 24.2 Å². The fourth-order valence-corrected chi connectivity index (χ4v) is 3.61. The average molecular weight is 394 g/mol. The number of hydrogen-bond donors (Lipinski definition) is 1. The van der Waals surface area contributed by atoms with E-state index in [1.54, 1.807) is 7.11 Å². The third-order valence-corrected chi connectivity index (χ3v) is 5.09. The maximum atomic E-state index is 12.3. The summed E-state index contributed by atoms with van der Waals surface area (Å²) in [6.07, 6.45) is 0. The van der Waals surface area contributed by atoms with Crippen LogP contribution in [-0.4, -0.2) is 53.8 Å². The first-order chi connectivity index (χ1) is 14.1. The Labute approximate surface area is 170 Å². The highest BCUT2D eigenvalue weighted by Crippen LogP contribution is 2.24. The number of imidazole rings is 1. The molecule has 1 aromatic heterocycles. The molecule has 0 fully saturated rings. The number of amides is 1. The van der Waals surface area contributed by atoms with Crippen LogP contribution >= 0.6 is 0 Å². The fourth-order valence-electron chi connectivity index (χ4n) is 3.61. The largest absolute Gasteiger partial charge is 0.484 e. The van der Waals surface area contributed by atoms with Crippen molar-refractivity contribution in [3.05, 3.63) is 53.9 Å². The Morgan fingerprint density at radius 3 is 2.93 bits per heavy atom. The lowest BCUT2D eigenvalue weighted by Gasteiger charge is -2.27. The number of rotatable bonds is 7. The lowest BCUT2D eigenvalue weighted by Crippen LogP contribution is -2.35. The highest BCUT2D eigenvalue weighted by Gasteiger charge is 2.20. The minimum absolute atomic E-state index is 0.0321. The lowest BCUT2D eigenvalue weighted by atomic mass is 10.2. The summed E-state index contributed by atoms with van der Waals surface area (Å²) in [6.45, 7) is 6.29. The first-order valence-electron chi connectivity index (χ1n) is 9.82. The van der Waals surface area contributed by atoms with E-state index in [1.165, 1.54) is 0 Å². The molecule has 152 valence electrons. The Hall–Kier alpha value is -2.90. The number of hydrogen-bond acceptors (Lipinski definition) is 5. The number of aryl methyl sites for hydroxylation is 1. The second-order valence-corrected chi connectivity index (χ2v) is 7.31. The zero-order chi connectivity index (χ0) is 20.2. The SMILES string of the molecule is COCCN1CCn2c(nc3cc(NC(=O)COc4cccc(C)c4)ccc32)C1. The molecule has 1 amide bonds. The van der Waals surface area contributed by atoms with Crippen LogP contribution in [0.5, 0.6) is 5.75 Å². The van der Waals surface area contributed by atoms with E-state index >= 15 is 0 Å². The zero-order valence-electron chi connectivity index (χ0n) is 16.9. The molecule has 0 radical (unpaired) electrons. The first-order valence-corrected chi connectivity index (χ1v) is 9.82. The third-order valence-electron chi connectivity index (χ3n) is 5.09. The number of fused-ring (bicyclic) bond motifs is 3. The molecule has 0 unspecified atom stereocenters. The van der Waals surface area contributed by atoms with Gasteiger partial charge in [0, 0.05) is 32.4 Å². The van der Waals surface area contributed by atoms with Crippen LogP contribution in [0.15, 0.2) is 42.5 Å². The smallest absolute Gasteiger partial charge is 0.262 e. The maximum Gasteiger partial charge on any atom is 0.262 e. The Kier molecular flexibility index (Phi) is 5.78. The van der Waals surface area contributed by atoms with Crippen molar-refractivity contribution in [3.8, 4) is 5.75 Å². The van der Waals surface area contributed by atoms with Crippen LogP contribution < -0.4 is 10.1 Å². The minimum atomic E-state index is -0.194. The van der Waals surface area contributed by atoms with E-state index in [9.17, 15) is 4.79 Å². The van der Waals surface area contributed by atoms with Gasteiger partial charge in [-0.25, -0.2) is 4.98 Å². The Morgan fingerprint density at radius 1 is 1.21 bits per heavy atom. The van der Waals surface area contributed by atoms with E-state index in [1.807, 2.05) is 49.4 Å². The summed E-state index contributed by atoms with van der Waals surface area (Å²) in [5, 5.41) is 2.90. The van der Waals surface area contributed by atoms with E-state index in [-0.39, 0.29) is 12.5 Å². The van der Waals surface area contributed by atoms with E-state index in [4.69, 9.17) is 14.5 Å². The van der Waals surface area contributed by atoms with Gasteiger partial charge in [-0.1, -0.05) is 12.1 Å². The quantitative estimate of drug-likeness (QED) is 0.667. The van der Waals surface area contributed by atoms with E-state index in [0.29, 0.717) is 5.75 Å². The van der Waals surface area contributed by atoms with Crippen molar-refractivity contribution in [2.45, 2.75) is 20.0 Å². The normalized spacial score (nSPS) is 14.0. The van der Waals surface area contributed by atoms with Crippen LogP contribution in [0.25, 0.3) is 11.0 Å². The number of carbonyl (C=O) groups is 1. The second-order valence-electron chi connectivity index (χ2n) is 7.31. The summed E-state index contributed by atoms with van der Waals surface area (Å²) >= 11 is 0. The summed E-state index contributed by atoms with van der Waals surface area (Å²) < 4.78 is 13.0. The minimum Gasteiger partial charge on any atom is -0.484 e. The number of nitrogens with zero attached hydrogens (tertiary/aromatic N) is 3. The summed E-state index contributed by atoms with van der Waals surface area (Å²) in [7, 11) is 1.72. The standard InChI is InChI=1S/C22H26N4O3/c1-16-4-3-5-18(12-16)29-15-22(27)23-17-6-7-20-19(13-17)24-21-14-25(10-11-28-2)8-9-26(20)21/h3-7,12-13H,8-11,14-15H2,1-2H3,(H,23,27). The molecule has 2 heterocycles. The number of carbonyl (C=O) groups excluding carboxylic acids is 1. The number of nitrogens with one attached hydrogen (secondary N) is 1. The van der Waals surface area contributed by atoms with Crippen molar-refractivity contribution < 1.29 is 14.3 Å². The predicted molar refractivity (Wildman–Crippen MR) is 112 cm³/mol. The molecule has 7 heteroatoms. The van der Waals surface area contributed by atoms with Crippen LogP contribution in [0, 0.1) is 6.92 Å². The lowest BCUT2D eigenvalue weighted by molar-refractivity contribution is -0.118. The maximum absolute atomic E-state index is 12.3. The van der Waals surface area contributed by atoms with Crippen molar-refractivity contribution in [2.24, 2.45) is 0 Å². The number of ether oxygens (including phenoxy) is 2. The summed E-state index contributed by atoms with van der Waals surface area (Å²) in [6, 6.07) is 13.5. The molecule has 1 aliphatic rings. The molecule has 7 nitrogen and oxygen atoms in total. The summed E-state index contributed by atoms with van der Waals surface area (Å²) in [5.74, 6) is 1.55. The fraction of sp³-hybridized carbons (Fsp3) is 0.364. The molecule has 0 aliphatic carbocycles. The van der Waals surface area contributed by atoms with Gasteiger partial charge in [-0.3, -0.25) is 9.69 Å². The molecule has 1 N–H and O–H groups in total. The van der Waals surface area contributed by atoms with Crippen LogP contribution in [-0.2, 0) is 22.6 Å². The molecular weight excluding hydrogens is 368 g/mol. The van der Waals surface area contributed by atoms with Crippen molar-refractivity contribution in [2.75, 3.05) is 38.7 Å². The summed E-state index contributed by atoms with van der Waals surface area (Å²) in [4.78, 5) is 19.4. The van der Waals surface area contributed by atoms with Gasteiger partial charge in [0.15, 0.2) is 6.61 Å². The van der Waals surface area contributed by atoms with Crippen molar-refractivity contribution in [1.29, 1.82) is 0 Å². The first kappa shape index (κ1) is 19.4. The highest BCUT2D eigenvalue weighted by atomic mass is 16.5. The topological polar surface area (TPSA) is 68.6 Å². The molecule has 0 atom stereocenters. The molecule has 3 aromatic rings. The zero-order valence-corrected chi connectivity index (χ0v) is 16.9. The van der Waals surface area contributed by atoms with Gasteiger partial charge < -0.3 is 19.4 Å². The number of methoxy groups -OCH3 is 1. The molecule has 1 aliphatic heterocycles. The van der Waals surface area contributed by atoms with Crippen LogP contribution in [0.3, 0.4) is 0 Å². The number of benzene rings is 2. The van der Waals surface area contributed by atoms with Crippen molar-refractivity contribution in [3.63, 3.8) is 0 Å². The molecular formula is C22H26N4O3. The highest BCUT2D eigenvalue weighted by molar-refractivity contribution is 5.94. The van der Waals surface area contributed by atoms with Gasteiger partial charge >= 0.3 is 0 Å². The van der Waals surface area contributed by atoms with E-state index < -0.39 is 0 Å². The Balaban J connectivity index is 1.41. The van der Waals surface area contributed by atoms with Crippen LogP contribution in [0.1, 0.15) is 11.4 Å². The number of anilines is 1. The summed E-state index contributed by atoms with van der Waals surface area (Å²) in [5.41, 5.74) is 3.81. The number of aromatic nitrogens is 2. The Bertz CT molecular complexity index is 1010. The van der Waals surface area contributed by atoms with E-state index in [0.717, 1.165) is 60.9 Å². The molecule has 0 saturated carbocycles.